The Bertz CT molecular complexity index is 532. The molecule has 0 fully saturated rings. The number of hydrogen-bond donors (Lipinski definition) is 0. The molecule has 0 unspecified atom stereocenters. The Kier molecular flexibility index (Phi) is 3.77. The number of rotatable bonds is 4. The molecule has 1 aromatic heterocycles. The van der Waals surface area contributed by atoms with Gasteiger partial charge in [-0.25, -0.2) is 8.78 Å². The third-order valence-electron chi connectivity index (χ3n) is 2.68. The van der Waals surface area contributed by atoms with Crippen molar-refractivity contribution in [1.82, 2.24) is 9.47 Å². The van der Waals surface area contributed by atoms with Crippen LogP contribution in [0.1, 0.15) is 11.1 Å². The molecule has 0 aliphatic carbocycles. The molecule has 1 heterocycles. The first-order valence-electron chi connectivity index (χ1n) is 5.78. The average molecular weight is 250 g/mol. The third kappa shape index (κ3) is 3.17. The fourth-order valence-corrected chi connectivity index (χ4v) is 1.89. The molecule has 2 nitrogen and oxygen atoms in total. The van der Waals surface area contributed by atoms with Crippen molar-refractivity contribution in [2.24, 2.45) is 0 Å². The van der Waals surface area contributed by atoms with Crippen molar-refractivity contribution in [1.29, 1.82) is 0 Å². The van der Waals surface area contributed by atoms with E-state index in [2.05, 4.69) is 4.90 Å². The van der Waals surface area contributed by atoms with E-state index in [1.54, 1.807) is 0 Å². The Balaban J connectivity index is 2.11. The van der Waals surface area contributed by atoms with Gasteiger partial charge in [-0.05, 0) is 31.8 Å². The van der Waals surface area contributed by atoms with Crippen LogP contribution < -0.4 is 0 Å². The van der Waals surface area contributed by atoms with Gasteiger partial charge in [0.2, 0.25) is 0 Å². The van der Waals surface area contributed by atoms with Gasteiger partial charge < -0.3 is 9.47 Å². The molecular formula is C14H16F2N2. The predicted octanol–water partition coefficient (Wildman–Crippen LogP) is 2.88. The second kappa shape index (κ2) is 5.31. The van der Waals surface area contributed by atoms with E-state index in [1.165, 1.54) is 17.7 Å². The summed E-state index contributed by atoms with van der Waals surface area (Å²) >= 11 is 0. The summed E-state index contributed by atoms with van der Waals surface area (Å²) in [5, 5.41) is 0. The largest absolute Gasteiger partial charge is 0.349 e. The average Bonchev–Trinajstić information content (AvgIpc) is 2.69. The molecule has 0 saturated heterocycles. The monoisotopic (exact) mass is 250 g/mol. The zero-order chi connectivity index (χ0) is 13.1. The van der Waals surface area contributed by atoms with Crippen LogP contribution in [0.4, 0.5) is 8.78 Å². The van der Waals surface area contributed by atoms with Gasteiger partial charge in [0, 0.05) is 37.1 Å². The molecule has 0 saturated carbocycles. The lowest BCUT2D eigenvalue weighted by Gasteiger charge is -2.07. The Morgan fingerprint density at radius 1 is 1.17 bits per heavy atom. The number of hydrogen-bond acceptors (Lipinski definition) is 1. The van der Waals surface area contributed by atoms with Gasteiger partial charge in [0.25, 0.3) is 0 Å². The molecule has 0 bridgehead atoms. The highest BCUT2D eigenvalue weighted by Gasteiger charge is 2.05. The van der Waals surface area contributed by atoms with Crippen LogP contribution in [-0.4, -0.2) is 23.6 Å². The van der Waals surface area contributed by atoms with Crippen molar-refractivity contribution >= 4 is 0 Å². The van der Waals surface area contributed by atoms with Crippen LogP contribution >= 0.6 is 0 Å². The van der Waals surface area contributed by atoms with Gasteiger partial charge in [-0.3, -0.25) is 0 Å². The summed E-state index contributed by atoms with van der Waals surface area (Å²) in [5.41, 5.74) is 1.66. The molecule has 4 heteroatoms. The Hall–Kier alpha value is -1.68. The minimum Gasteiger partial charge on any atom is -0.349 e. The van der Waals surface area contributed by atoms with Crippen LogP contribution in [-0.2, 0) is 13.1 Å². The number of aromatic nitrogens is 1. The first-order valence-corrected chi connectivity index (χ1v) is 5.78. The van der Waals surface area contributed by atoms with E-state index in [1.807, 2.05) is 37.1 Å². The smallest absolute Gasteiger partial charge is 0.131 e. The lowest BCUT2D eigenvalue weighted by atomic mass is 10.2. The summed E-state index contributed by atoms with van der Waals surface area (Å²) in [6.45, 7) is 1.26. The standard InChI is InChI=1S/C14H16F2N2/c1-17(2)8-11-5-6-18(9-11)10-12-3-4-13(15)7-14(12)16/h3-7,9H,8,10H2,1-2H3. The Morgan fingerprint density at radius 2 is 1.94 bits per heavy atom. The van der Waals surface area contributed by atoms with E-state index >= 15 is 0 Å². The molecule has 2 aromatic rings. The van der Waals surface area contributed by atoms with Gasteiger partial charge in [-0.15, -0.1) is 0 Å². The summed E-state index contributed by atoms with van der Waals surface area (Å²) in [5.74, 6) is -1.05. The molecule has 96 valence electrons. The molecule has 0 amide bonds. The van der Waals surface area contributed by atoms with Crippen molar-refractivity contribution in [3.63, 3.8) is 0 Å². The van der Waals surface area contributed by atoms with Gasteiger partial charge in [-0.1, -0.05) is 6.07 Å². The fourth-order valence-electron chi connectivity index (χ4n) is 1.89. The Morgan fingerprint density at radius 3 is 2.61 bits per heavy atom. The van der Waals surface area contributed by atoms with Crippen molar-refractivity contribution in [3.05, 3.63) is 59.4 Å². The number of halogens is 2. The van der Waals surface area contributed by atoms with Gasteiger partial charge in [0.1, 0.15) is 11.6 Å². The number of nitrogens with zero attached hydrogens (tertiary/aromatic N) is 2. The third-order valence-corrected chi connectivity index (χ3v) is 2.68. The van der Waals surface area contributed by atoms with Crippen molar-refractivity contribution < 1.29 is 8.78 Å². The van der Waals surface area contributed by atoms with Crippen molar-refractivity contribution in [2.45, 2.75) is 13.1 Å². The summed E-state index contributed by atoms with van der Waals surface area (Å²) < 4.78 is 28.2. The molecule has 0 spiro atoms. The minimum atomic E-state index is -0.544. The van der Waals surface area contributed by atoms with E-state index in [4.69, 9.17) is 0 Å². The van der Waals surface area contributed by atoms with Crippen LogP contribution in [0.15, 0.2) is 36.7 Å². The molecule has 0 aliphatic heterocycles. The van der Waals surface area contributed by atoms with Gasteiger partial charge in [0.15, 0.2) is 0 Å². The predicted molar refractivity (Wildman–Crippen MR) is 67.3 cm³/mol. The highest BCUT2D eigenvalue weighted by atomic mass is 19.1. The maximum atomic E-state index is 13.5. The van der Waals surface area contributed by atoms with Crippen LogP contribution in [0.25, 0.3) is 0 Å². The molecule has 0 N–H and O–H groups in total. The zero-order valence-electron chi connectivity index (χ0n) is 10.5. The highest BCUT2D eigenvalue weighted by molar-refractivity contribution is 5.20. The summed E-state index contributed by atoms with van der Waals surface area (Å²) in [6.07, 6.45) is 3.88. The van der Waals surface area contributed by atoms with E-state index in [9.17, 15) is 8.78 Å². The highest BCUT2D eigenvalue weighted by Crippen LogP contribution is 2.12. The minimum absolute atomic E-state index is 0.416. The summed E-state index contributed by atoms with van der Waals surface area (Å²) in [4.78, 5) is 2.07. The molecular weight excluding hydrogens is 234 g/mol. The lowest BCUT2D eigenvalue weighted by molar-refractivity contribution is 0.402. The maximum absolute atomic E-state index is 13.5. The first kappa shape index (κ1) is 12.8. The molecule has 0 aliphatic rings. The van der Waals surface area contributed by atoms with Gasteiger partial charge in [-0.2, -0.15) is 0 Å². The SMILES string of the molecule is CN(C)Cc1ccn(Cc2ccc(F)cc2F)c1. The molecule has 2 rings (SSSR count). The molecule has 0 atom stereocenters. The van der Waals surface area contributed by atoms with Crippen molar-refractivity contribution in [2.75, 3.05) is 14.1 Å². The number of benzene rings is 1. The van der Waals surface area contributed by atoms with Crippen LogP contribution in [0, 0.1) is 11.6 Å². The van der Waals surface area contributed by atoms with Gasteiger partial charge >= 0.3 is 0 Å². The van der Waals surface area contributed by atoms with E-state index in [0.29, 0.717) is 12.1 Å². The van der Waals surface area contributed by atoms with Crippen LogP contribution in [0.2, 0.25) is 0 Å². The maximum Gasteiger partial charge on any atom is 0.131 e. The molecule has 1 aromatic carbocycles. The summed E-state index contributed by atoms with van der Waals surface area (Å²) in [6, 6.07) is 5.68. The fraction of sp³-hybridized carbons (Fsp3) is 0.286. The van der Waals surface area contributed by atoms with Crippen LogP contribution in [0.3, 0.4) is 0 Å². The quantitative estimate of drug-likeness (QED) is 0.810. The van der Waals surface area contributed by atoms with E-state index < -0.39 is 11.6 Å². The first-order chi connectivity index (χ1) is 8.54. The van der Waals surface area contributed by atoms with E-state index in [-0.39, 0.29) is 0 Å². The molecule has 0 radical (unpaired) electrons. The second-order valence-corrected chi connectivity index (χ2v) is 4.67. The lowest BCUT2D eigenvalue weighted by Crippen LogP contribution is -2.10. The zero-order valence-corrected chi connectivity index (χ0v) is 10.5. The topological polar surface area (TPSA) is 8.17 Å². The second-order valence-electron chi connectivity index (χ2n) is 4.67. The molecule has 18 heavy (non-hydrogen) atoms. The normalized spacial score (nSPS) is 11.2. The summed E-state index contributed by atoms with van der Waals surface area (Å²) in [7, 11) is 3.99. The van der Waals surface area contributed by atoms with E-state index in [0.717, 1.165) is 12.6 Å². The van der Waals surface area contributed by atoms with Crippen molar-refractivity contribution in [3.8, 4) is 0 Å². The van der Waals surface area contributed by atoms with Crippen LogP contribution in [0.5, 0.6) is 0 Å². The van der Waals surface area contributed by atoms with Gasteiger partial charge in [0.05, 0.1) is 0 Å². The Labute approximate surface area is 105 Å².